The zero-order chi connectivity index (χ0) is 12.5. The predicted octanol–water partition coefficient (Wildman–Crippen LogP) is 0.665. The van der Waals surface area contributed by atoms with E-state index in [1.807, 2.05) is 0 Å². The third-order valence-electron chi connectivity index (χ3n) is 1.11. The molecule has 0 aliphatic carbocycles. The number of esters is 1. The van der Waals surface area contributed by atoms with Crippen molar-refractivity contribution >= 4 is 16.1 Å². The molecule has 0 aromatic rings. The molecular formula is C5H6F4O5S. The van der Waals surface area contributed by atoms with Crippen LogP contribution in [-0.4, -0.2) is 36.7 Å². The van der Waals surface area contributed by atoms with Crippen LogP contribution in [-0.2, 0) is 19.6 Å². The zero-order valence-corrected chi connectivity index (χ0v) is 8.02. The van der Waals surface area contributed by atoms with Crippen molar-refractivity contribution in [1.82, 2.24) is 0 Å². The summed E-state index contributed by atoms with van der Waals surface area (Å²) in [6.45, 7) is -2.09. The minimum atomic E-state index is -5.80. The molecule has 0 atom stereocenters. The molecule has 0 rings (SSSR count). The van der Waals surface area contributed by atoms with Crippen molar-refractivity contribution < 1.29 is 40.1 Å². The maximum absolute atomic E-state index is 12.3. The Morgan fingerprint density at radius 3 is 2.00 bits per heavy atom. The van der Waals surface area contributed by atoms with E-state index >= 15 is 0 Å². The van der Waals surface area contributed by atoms with Gasteiger partial charge in [-0.05, 0) is 0 Å². The molecule has 0 saturated carbocycles. The molecular weight excluding hydrogens is 248 g/mol. The van der Waals surface area contributed by atoms with Crippen LogP contribution in [0.15, 0.2) is 0 Å². The Kier molecular flexibility index (Phi) is 3.69. The van der Waals surface area contributed by atoms with Gasteiger partial charge in [-0.15, -0.1) is 0 Å². The largest absolute Gasteiger partial charge is 0.454 e. The summed E-state index contributed by atoms with van der Waals surface area (Å²) >= 11 is 0. The highest BCUT2D eigenvalue weighted by atomic mass is 32.2. The second-order valence-electron chi connectivity index (χ2n) is 2.58. The maximum atomic E-state index is 12.3. The van der Waals surface area contributed by atoms with Crippen LogP contribution in [0, 0.1) is 0 Å². The number of alkyl halides is 4. The average Bonchev–Trinajstić information content (AvgIpc) is 1.96. The Bertz CT molecular complexity index is 343. The molecule has 0 spiro atoms. The molecule has 0 unspecified atom stereocenters. The molecule has 10 heteroatoms. The topological polar surface area (TPSA) is 80.7 Å². The van der Waals surface area contributed by atoms with E-state index in [2.05, 4.69) is 4.74 Å². The molecule has 0 aliphatic heterocycles. The van der Waals surface area contributed by atoms with Crippen LogP contribution in [0.2, 0.25) is 0 Å². The van der Waals surface area contributed by atoms with Gasteiger partial charge in [0.2, 0.25) is 0 Å². The van der Waals surface area contributed by atoms with Gasteiger partial charge in [-0.2, -0.15) is 26.0 Å². The van der Waals surface area contributed by atoms with Crippen molar-refractivity contribution in [2.24, 2.45) is 0 Å². The fourth-order valence-corrected chi connectivity index (χ4v) is 0.559. The van der Waals surface area contributed by atoms with Crippen LogP contribution >= 0.6 is 0 Å². The minimum Gasteiger partial charge on any atom is -0.454 e. The third kappa shape index (κ3) is 4.00. The van der Waals surface area contributed by atoms with Gasteiger partial charge in [-0.1, -0.05) is 0 Å². The number of carbonyl (C=O) groups is 1. The summed E-state index contributed by atoms with van der Waals surface area (Å²) in [6.07, 6.45) is 0. The van der Waals surface area contributed by atoms with E-state index in [9.17, 15) is 30.8 Å². The van der Waals surface area contributed by atoms with Gasteiger partial charge >= 0.3 is 27.3 Å². The highest BCUT2D eigenvalue weighted by Crippen LogP contribution is 2.22. The second-order valence-corrected chi connectivity index (χ2v) is 4.12. The quantitative estimate of drug-likeness (QED) is 0.453. The molecule has 0 fully saturated rings. The van der Waals surface area contributed by atoms with Crippen LogP contribution in [0.25, 0.3) is 0 Å². The predicted molar refractivity (Wildman–Crippen MR) is 38.1 cm³/mol. The smallest absolute Gasteiger partial charge is 0.402 e. The molecule has 0 aromatic carbocycles. The standard InChI is InChI=1S/C5H6F4O5S/c1-4(6,7)3(10)14-2-5(8,9)15(11,12)13/h2H2,1H3,(H,11,12,13). The monoisotopic (exact) mass is 254 g/mol. The van der Waals surface area contributed by atoms with Crippen LogP contribution in [0.5, 0.6) is 0 Å². The van der Waals surface area contributed by atoms with Crippen molar-refractivity contribution in [2.75, 3.05) is 6.61 Å². The molecule has 1 N–H and O–H groups in total. The molecule has 5 nitrogen and oxygen atoms in total. The molecule has 0 radical (unpaired) electrons. The third-order valence-corrected chi connectivity index (χ3v) is 1.98. The number of rotatable bonds is 4. The van der Waals surface area contributed by atoms with Crippen molar-refractivity contribution in [1.29, 1.82) is 0 Å². The lowest BCUT2D eigenvalue weighted by atomic mass is 10.4. The van der Waals surface area contributed by atoms with Crippen molar-refractivity contribution in [3.63, 3.8) is 0 Å². The molecule has 0 amide bonds. The highest BCUT2D eigenvalue weighted by molar-refractivity contribution is 7.86. The van der Waals surface area contributed by atoms with E-state index < -0.39 is 33.9 Å². The van der Waals surface area contributed by atoms with Gasteiger partial charge in [-0.25, -0.2) is 4.79 Å². The van der Waals surface area contributed by atoms with Gasteiger partial charge in [0, 0.05) is 6.92 Å². The summed E-state index contributed by atoms with van der Waals surface area (Å²) < 4.78 is 79.9. The normalized spacial score (nSPS) is 13.7. The van der Waals surface area contributed by atoms with Gasteiger partial charge in [0.25, 0.3) is 0 Å². The number of hydrogen-bond acceptors (Lipinski definition) is 4. The lowest BCUT2D eigenvalue weighted by Gasteiger charge is -2.14. The van der Waals surface area contributed by atoms with E-state index in [1.165, 1.54) is 0 Å². The molecule has 15 heavy (non-hydrogen) atoms. The number of carbonyl (C=O) groups excluding carboxylic acids is 1. The van der Waals surface area contributed by atoms with Crippen molar-refractivity contribution in [3.05, 3.63) is 0 Å². The van der Waals surface area contributed by atoms with Crippen LogP contribution in [0.1, 0.15) is 6.92 Å². The van der Waals surface area contributed by atoms with Gasteiger partial charge in [0.05, 0.1) is 0 Å². The lowest BCUT2D eigenvalue weighted by molar-refractivity contribution is -0.174. The summed E-state index contributed by atoms with van der Waals surface area (Å²) in [6, 6.07) is 0. The van der Waals surface area contributed by atoms with E-state index in [4.69, 9.17) is 4.55 Å². The van der Waals surface area contributed by atoms with Crippen LogP contribution in [0.3, 0.4) is 0 Å². The van der Waals surface area contributed by atoms with Gasteiger partial charge in [0.1, 0.15) is 0 Å². The molecule has 0 heterocycles. The Morgan fingerprint density at radius 1 is 1.33 bits per heavy atom. The fourth-order valence-electron chi connectivity index (χ4n) is 0.351. The van der Waals surface area contributed by atoms with Gasteiger partial charge in [0.15, 0.2) is 6.61 Å². The summed E-state index contributed by atoms with van der Waals surface area (Å²) in [7, 11) is -5.80. The summed E-state index contributed by atoms with van der Waals surface area (Å²) in [5.41, 5.74) is 0. The number of halogens is 4. The SMILES string of the molecule is CC(F)(F)C(=O)OCC(F)(F)S(=O)(=O)O. The van der Waals surface area contributed by atoms with E-state index in [0.29, 0.717) is 0 Å². The van der Waals surface area contributed by atoms with Gasteiger partial charge < -0.3 is 4.74 Å². The highest BCUT2D eigenvalue weighted by Gasteiger charge is 2.47. The van der Waals surface area contributed by atoms with E-state index in [-0.39, 0.29) is 6.92 Å². The van der Waals surface area contributed by atoms with Crippen molar-refractivity contribution in [3.8, 4) is 0 Å². The molecule has 0 bridgehead atoms. The molecule has 0 saturated heterocycles. The Labute approximate surface area is 81.8 Å². The zero-order valence-electron chi connectivity index (χ0n) is 7.21. The maximum Gasteiger partial charge on any atom is 0.402 e. The lowest BCUT2D eigenvalue weighted by Crippen LogP contribution is -2.37. The first-order valence-electron chi connectivity index (χ1n) is 3.28. The first kappa shape index (κ1) is 14.1. The van der Waals surface area contributed by atoms with Crippen LogP contribution < -0.4 is 0 Å². The van der Waals surface area contributed by atoms with Crippen LogP contribution in [0.4, 0.5) is 17.6 Å². The molecule has 0 aliphatic rings. The Hall–Kier alpha value is -0.900. The van der Waals surface area contributed by atoms with Crippen molar-refractivity contribution in [2.45, 2.75) is 18.1 Å². The molecule has 90 valence electrons. The first-order valence-corrected chi connectivity index (χ1v) is 4.72. The summed E-state index contributed by atoms with van der Waals surface area (Å²) in [5.74, 6) is -6.33. The summed E-state index contributed by atoms with van der Waals surface area (Å²) in [5, 5.41) is -4.81. The first-order chi connectivity index (χ1) is 6.38. The van der Waals surface area contributed by atoms with E-state index in [0.717, 1.165) is 0 Å². The Balaban J connectivity index is 4.49. The summed E-state index contributed by atoms with van der Waals surface area (Å²) in [4.78, 5) is 10.3. The minimum absolute atomic E-state index is 0.0842. The Morgan fingerprint density at radius 2 is 1.73 bits per heavy atom. The number of hydrogen-bond donors (Lipinski definition) is 1. The van der Waals surface area contributed by atoms with Gasteiger partial charge in [-0.3, -0.25) is 4.55 Å². The molecule has 0 aromatic heterocycles. The number of ether oxygens (including phenoxy) is 1. The van der Waals surface area contributed by atoms with E-state index in [1.54, 1.807) is 0 Å². The average molecular weight is 254 g/mol. The second kappa shape index (κ2) is 3.93. The fraction of sp³-hybridized carbons (Fsp3) is 0.800.